The van der Waals surface area contributed by atoms with Crippen molar-refractivity contribution in [3.8, 4) is 11.5 Å². The van der Waals surface area contributed by atoms with Crippen molar-refractivity contribution in [3.05, 3.63) is 47.7 Å². The summed E-state index contributed by atoms with van der Waals surface area (Å²) >= 11 is 0. The molecule has 0 saturated carbocycles. The molecular formula is C26H36O6. The van der Waals surface area contributed by atoms with Gasteiger partial charge in [-0.2, -0.15) is 0 Å². The Hall–Kier alpha value is -2.31. The third kappa shape index (κ3) is 6.36. The highest BCUT2D eigenvalue weighted by molar-refractivity contribution is 5.72. The van der Waals surface area contributed by atoms with E-state index in [-0.39, 0.29) is 18.8 Å². The highest BCUT2D eigenvalue weighted by Crippen LogP contribution is 2.43. The highest BCUT2D eigenvalue weighted by atomic mass is 16.7. The standard InChI is InChI=1S/C26H36O6/c1-4-6-7-10-18-13-21(30-5-2)25(19-11-8-9-17(3)12-19)22(14-18)31-24-16-20(27)15-23(32-24)26(28)29/h5,12-14,19-20,23-24,27H,2,4,6-11,15-16H2,1,3H3,(H,28,29). The second-order valence-corrected chi connectivity index (χ2v) is 8.89. The topological polar surface area (TPSA) is 85.2 Å². The summed E-state index contributed by atoms with van der Waals surface area (Å²) in [6, 6.07) is 4.09. The van der Waals surface area contributed by atoms with Crippen molar-refractivity contribution in [3.63, 3.8) is 0 Å². The van der Waals surface area contributed by atoms with Gasteiger partial charge in [0.15, 0.2) is 6.10 Å². The summed E-state index contributed by atoms with van der Waals surface area (Å²) in [6.07, 6.45) is 8.63. The molecule has 4 unspecified atom stereocenters. The molecule has 0 bridgehead atoms. The van der Waals surface area contributed by atoms with Crippen LogP contribution >= 0.6 is 0 Å². The molecule has 1 fully saturated rings. The molecule has 6 heteroatoms. The van der Waals surface area contributed by atoms with Gasteiger partial charge in [-0.15, -0.1) is 0 Å². The smallest absolute Gasteiger partial charge is 0.333 e. The Morgan fingerprint density at radius 3 is 2.75 bits per heavy atom. The summed E-state index contributed by atoms with van der Waals surface area (Å²) < 4.78 is 17.8. The van der Waals surface area contributed by atoms with Crippen LogP contribution in [0.25, 0.3) is 0 Å². The first-order valence-electron chi connectivity index (χ1n) is 11.8. The summed E-state index contributed by atoms with van der Waals surface area (Å²) in [6.45, 7) is 8.06. The summed E-state index contributed by atoms with van der Waals surface area (Å²) in [5.41, 5.74) is 3.36. The monoisotopic (exact) mass is 444 g/mol. The Bertz CT molecular complexity index is 830. The summed E-state index contributed by atoms with van der Waals surface area (Å²) in [4.78, 5) is 11.5. The van der Waals surface area contributed by atoms with Gasteiger partial charge in [0.2, 0.25) is 6.29 Å². The van der Waals surface area contributed by atoms with E-state index < -0.39 is 24.5 Å². The molecule has 0 radical (unpaired) electrons. The van der Waals surface area contributed by atoms with Crippen LogP contribution < -0.4 is 9.47 Å². The van der Waals surface area contributed by atoms with Gasteiger partial charge in [0.05, 0.1) is 12.4 Å². The lowest BCUT2D eigenvalue weighted by Crippen LogP contribution is -2.42. The molecule has 2 N–H and O–H groups in total. The molecule has 1 aliphatic carbocycles. The number of rotatable bonds is 10. The van der Waals surface area contributed by atoms with Crippen molar-refractivity contribution < 1.29 is 29.2 Å². The molecular weight excluding hydrogens is 408 g/mol. The fourth-order valence-electron chi connectivity index (χ4n) is 4.60. The van der Waals surface area contributed by atoms with E-state index in [1.807, 2.05) is 6.07 Å². The number of carboxylic acid groups (broad SMARTS) is 1. The number of aliphatic hydroxyl groups is 1. The number of allylic oxidation sites excluding steroid dienone is 2. The zero-order valence-electron chi connectivity index (χ0n) is 19.2. The lowest BCUT2D eigenvalue weighted by molar-refractivity contribution is -0.195. The second kappa shape index (κ2) is 11.5. The molecule has 0 aromatic heterocycles. The zero-order valence-corrected chi connectivity index (χ0v) is 19.2. The molecule has 1 aliphatic heterocycles. The maximum absolute atomic E-state index is 11.5. The maximum atomic E-state index is 11.5. The number of aliphatic hydroxyl groups excluding tert-OH is 1. The molecule has 0 spiro atoms. The van der Waals surface area contributed by atoms with E-state index in [1.165, 1.54) is 11.8 Å². The third-order valence-corrected chi connectivity index (χ3v) is 6.19. The Morgan fingerprint density at radius 1 is 1.28 bits per heavy atom. The molecule has 1 heterocycles. The van der Waals surface area contributed by atoms with E-state index in [0.717, 1.165) is 56.1 Å². The molecule has 6 nitrogen and oxygen atoms in total. The van der Waals surface area contributed by atoms with Crippen LogP contribution in [-0.4, -0.2) is 34.7 Å². The fourth-order valence-corrected chi connectivity index (χ4v) is 4.60. The Labute approximate surface area is 190 Å². The number of carboxylic acids is 1. The number of aliphatic carboxylic acids is 1. The van der Waals surface area contributed by atoms with Gasteiger partial charge in [0.1, 0.15) is 11.5 Å². The van der Waals surface area contributed by atoms with Crippen LogP contribution in [-0.2, 0) is 16.0 Å². The van der Waals surface area contributed by atoms with Gasteiger partial charge >= 0.3 is 5.97 Å². The van der Waals surface area contributed by atoms with Crippen LogP contribution in [0, 0.1) is 0 Å². The average molecular weight is 445 g/mol. The molecule has 1 aromatic carbocycles. The van der Waals surface area contributed by atoms with E-state index in [9.17, 15) is 15.0 Å². The first-order chi connectivity index (χ1) is 15.4. The average Bonchev–Trinajstić information content (AvgIpc) is 2.73. The number of hydrogen-bond donors (Lipinski definition) is 2. The predicted octanol–water partition coefficient (Wildman–Crippen LogP) is 5.48. The third-order valence-electron chi connectivity index (χ3n) is 6.19. The minimum absolute atomic E-state index is 0.0640. The molecule has 1 aromatic rings. The molecule has 4 atom stereocenters. The first kappa shape index (κ1) is 24.3. The van der Waals surface area contributed by atoms with Crippen LogP contribution in [0.5, 0.6) is 11.5 Å². The lowest BCUT2D eigenvalue weighted by atomic mass is 9.84. The van der Waals surface area contributed by atoms with Gasteiger partial charge < -0.3 is 24.4 Å². The summed E-state index contributed by atoms with van der Waals surface area (Å²) in [5.74, 6) is 0.385. The first-order valence-corrected chi connectivity index (χ1v) is 11.8. The van der Waals surface area contributed by atoms with Crippen LogP contribution in [0.1, 0.15) is 82.3 Å². The van der Waals surface area contributed by atoms with Crippen molar-refractivity contribution in [2.75, 3.05) is 0 Å². The van der Waals surface area contributed by atoms with E-state index in [4.69, 9.17) is 14.2 Å². The minimum atomic E-state index is -1.09. The van der Waals surface area contributed by atoms with Crippen LogP contribution in [0.2, 0.25) is 0 Å². The van der Waals surface area contributed by atoms with Gasteiger partial charge in [-0.25, -0.2) is 4.79 Å². The van der Waals surface area contributed by atoms with Gasteiger partial charge in [0.25, 0.3) is 0 Å². The van der Waals surface area contributed by atoms with Crippen molar-refractivity contribution in [1.29, 1.82) is 0 Å². The largest absolute Gasteiger partial charge is 0.479 e. The second-order valence-electron chi connectivity index (χ2n) is 8.89. The fraction of sp³-hybridized carbons (Fsp3) is 0.577. The van der Waals surface area contributed by atoms with Gasteiger partial charge in [-0.3, -0.25) is 0 Å². The Kier molecular flexibility index (Phi) is 8.76. The maximum Gasteiger partial charge on any atom is 0.333 e. The summed E-state index contributed by atoms with van der Waals surface area (Å²) in [7, 11) is 0. The number of carbonyl (C=O) groups is 1. The molecule has 32 heavy (non-hydrogen) atoms. The van der Waals surface area contributed by atoms with E-state index in [2.05, 4.69) is 32.6 Å². The van der Waals surface area contributed by atoms with E-state index in [1.54, 1.807) is 0 Å². The lowest BCUT2D eigenvalue weighted by Gasteiger charge is -2.33. The van der Waals surface area contributed by atoms with Gasteiger partial charge in [0, 0.05) is 24.3 Å². The summed E-state index contributed by atoms with van der Waals surface area (Å²) in [5, 5.41) is 19.6. The number of aryl methyl sites for hydroxylation is 1. The van der Waals surface area contributed by atoms with E-state index >= 15 is 0 Å². The number of unbranched alkanes of at least 4 members (excludes halogenated alkanes) is 2. The van der Waals surface area contributed by atoms with Gasteiger partial charge in [-0.05, 0) is 56.7 Å². The van der Waals surface area contributed by atoms with Crippen molar-refractivity contribution in [2.24, 2.45) is 0 Å². The molecule has 2 aliphatic rings. The van der Waals surface area contributed by atoms with Crippen LogP contribution in [0.4, 0.5) is 0 Å². The minimum Gasteiger partial charge on any atom is -0.479 e. The Balaban J connectivity index is 1.98. The number of hydrogen-bond acceptors (Lipinski definition) is 5. The number of benzene rings is 1. The van der Waals surface area contributed by atoms with Crippen LogP contribution in [0.3, 0.4) is 0 Å². The quantitative estimate of drug-likeness (QED) is 0.282. The predicted molar refractivity (Wildman–Crippen MR) is 123 cm³/mol. The molecule has 1 saturated heterocycles. The van der Waals surface area contributed by atoms with Crippen molar-refractivity contribution in [1.82, 2.24) is 0 Å². The van der Waals surface area contributed by atoms with Crippen molar-refractivity contribution in [2.45, 2.75) is 96.1 Å². The molecule has 3 rings (SSSR count). The highest BCUT2D eigenvalue weighted by Gasteiger charge is 2.35. The van der Waals surface area contributed by atoms with Crippen molar-refractivity contribution >= 4 is 5.97 Å². The van der Waals surface area contributed by atoms with Gasteiger partial charge in [-0.1, -0.05) is 38.0 Å². The van der Waals surface area contributed by atoms with E-state index in [0.29, 0.717) is 11.5 Å². The molecule has 176 valence electrons. The normalized spacial score (nSPS) is 25.7. The SMILES string of the molecule is C=COc1cc(CCCCC)cc(OC2CC(O)CC(C(=O)O)O2)c1C1C=C(C)CCC1. The zero-order chi connectivity index (χ0) is 23.1. The molecule has 0 amide bonds. The Morgan fingerprint density at radius 2 is 2.06 bits per heavy atom. The van der Waals surface area contributed by atoms with Crippen LogP contribution in [0.15, 0.2) is 36.6 Å². The number of ether oxygens (including phenoxy) is 3.